The summed E-state index contributed by atoms with van der Waals surface area (Å²) >= 11 is 0. The van der Waals surface area contributed by atoms with E-state index >= 15 is 0 Å². The van der Waals surface area contributed by atoms with E-state index in [4.69, 9.17) is 9.84 Å². The number of ether oxygens (including phenoxy) is 1. The lowest BCUT2D eigenvalue weighted by Crippen LogP contribution is -2.42. The third kappa shape index (κ3) is 7.38. The zero-order chi connectivity index (χ0) is 23.1. The molecule has 0 bridgehead atoms. The SMILES string of the molecule is C=CC[C@H](NC(=O)OC(C)(C)C)C(=O)/C=C/c1ccc(N(C)C(=O)O)cc1[N+](=O)[O-]. The number of nitrogens with zero attached hydrogens (tertiary/aromatic N) is 2. The smallest absolute Gasteiger partial charge is 0.411 e. The lowest BCUT2D eigenvalue weighted by atomic mass is 10.1. The summed E-state index contributed by atoms with van der Waals surface area (Å²) in [6.45, 7) is 8.60. The van der Waals surface area contributed by atoms with Crippen molar-refractivity contribution in [3.63, 3.8) is 0 Å². The van der Waals surface area contributed by atoms with Gasteiger partial charge < -0.3 is 15.2 Å². The van der Waals surface area contributed by atoms with E-state index in [1.165, 1.54) is 31.3 Å². The van der Waals surface area contributed by atoms with Gasteiger partial charge in [0.25, 0.3) is 5.69 Å². The van der Waals surface area contributed by atoms with Gasteiger partial charge in [0.2, 0.25) is 0 Å². The van der Waals surface area contributed by atoms with Crippen molar-refractivity contribution in [3.05, 3.63) is 52.6 Å². The van der Waals surface area contributed by atoms with Crippen LogP contribution in [0.25, 0.3) is 6.08 Å². The van der Waals surface area contributed by atoms with E-state index in [1.807, 2.05) is 0 Å². The first-order chi connectivity index (χ1) is 13.9. The molecule has 2 N–H and O–H groups in total. The van der Waals surface area contributed by atoms with Crippen LogP contribution in [-0.2, 0) is 9.53 Å². The molecule has 0 fully saturated rings. The fraction of sp³-hybridized carbons (Fsp3) is 0.350. The number of carbonyl (C=O) groups is 3. The maximum absolute atomic E-state index is 12.5. The number of rotatable bonds is 8. The minimum absolute atomic E-state index is 0.102. The average Bonchev–Trinajstić information content (AvgIpc) is 2.63. The van der Waals surface area contributed by atoms with Gasteiger partial charge in [-0.05, 0) is 51.5 Å². The molecule has 0 aliphatic rings. The van der Waals surface area contributed by atoms with Gasteiger partial charge >= 0.3 is 12.2 Å². The molecule has 0 aliphatic carbocycles. The molecule has 30 heavy (non-hydrogen) atoms. The normalized spacial score (nSPS) is 12.1. The summed E-state index contributed by atoms with van der Waals surface area (Å²) in [5.41, 5.74) is -0.906. The van der Waals surface area contributed by atoms with Gasteiger partial charge in [0, 0.05) is 13.1 Å². The summed E-state index contributed by atoms with van der Waals surface area (Å²) in [7, 11) is 1.25. The predicted octanol–water partition coefficient (Wildman–Crippen LogP) is 3.76. The minimum atomic E-state index is -1.27. The number of nitro benzene ring substituents is 1. The molecule has 0 aliphatic heterocycles. The van der Waals surface area contributed by atoms with Gasteiger partial charge in [-0.1, -0.05) is 6.08 Å². The van der Waals surface area contributed by atoms with Crippen molar-refractivity contribution in [1.29, 1.82) is 0 Å². The first-order valence-electron chi connectivity index (χ1n) is 8.93. The second-order valence-electron chi connectivity index (χ2n) is 7.30. The van der Waals surface area contributed by atoms with Crippen molar-refractivity contribution in [3.8, 4) is 0 Å². The van der Waals surface area contributed by atoms with E-state index in [-0.39, 0.29) is 23.4 Å². The monoisotopic (exact) mass is 419 g/mol. The summed E-state index contributed by atoms with van der Waals surface area (Å²) in [4.78, 5) is 47.0. The number of alkyl carbamates (subject to hydrolysis) is 1. The maximum Gasteiger partial charge on any atom is 0.411 e. The quantitative estimate of drug-likeness (QED) is 0.283. The minimum Gasteiger partial charge on any atom is -0.465 e. The molecule has 0 unspecified atom stereocenters. The summed E-state index contributed by atoms with van der Waals surface area (Å²) in [6, 6.07) is 2.86. The Morgan fingerprint density at radius 1 is 1.37 bits per heavy atom. The van der Waals surface area contributed by atoms with E-state index in [1.54, 1.807) is 20.8 Å². The number of anilines is 1. The van der Waals surface area contributed by atoms with Gasteiger partial charge in [0.1, 0.15) is 5.60 Å². The molecule has 0 spiro atoms. The third-order valence-corrected chi connectivity index (χ3v) is 3.75. The molecule has 1 rings (SSSR count). The lowest BCUT2D eigenvalue weighted by Gasteiger charge is -2.22. The average molecular weight is 419 g/mol. The molecule has 0 saturated carbocycles. The van der Waals surface area contributed by atoms with Gasteiger partial charge in [0.15, 0.2) is 5.78 Å². The van der Waals surface area contributed by atoms with Crippen LogP contribution in [0.1, 0.15) is 32.8 Å². The summed E-state index contributed by atoms with van der Waals surface area (Å²) in [6.07, 6.45) is 1.87. The Morgan fingerprint density at radius 3 is 2.50 bits per heavy atom. The van der Waals surface area contributed by atoms with Gasteiger partial charge in [-0.25, -0.2) is 9.59 Å². The number of amides is 2. The highest BCUT2D eigenvalue weighted by atomic mass is 16.6. The van der Waals surface area contributed by atoms with Crippen molar-refractivity contribution in [2.75, 3.05) is 11.9 Å². The number of carboxylic acid groups (broad SMARTS) is 1. The molecule has 1 aromatic rings. The second-order valence-corrected chi connectivity index (χ2v) is 7.30. The first kappa shape index (κ1) is 24.3. The van der Waals surface area contributed by atoms with Gasteiger partial charge in [0.05, 0.1) is 22.2 Å². The van der Waals surface area contributed by atoms with Crippen LogP contribution in [0.2, 0.25) is 0 Å². The van der Waals surface area contributed by atoms with Crippen LogP contribution in [0, 0.1) is 10.1 Å². The van der Waals surface area contributed by atoms with Crippen LogP contribution in [-0.4, -0.2) is 46.7 Å². The molecule has 2 amide bonds. The zero-order valence-corrected chi connectivity index (χ0v) is 17.2. The molecule has 10 nitrogen and oxygen atoms in total. The Kier molecular flexibility index (Phi) is 8.27. The second kappa shape index (κ2) is 10.2. The van der Waals surface area contributed by atoms with Crippen molar-refractivity contribution in [2.24, 2.45) is 0 Å². The standard InChI is InChI=1S/C20H25N3O7/c1-6-7-15(21-18(25)30-20(2,3)4)17(24)11-9-13-8-10-14(22(5)19(26)27)12-16(13)23(28)29/h6,8-12,15H,1,7H2,2-5H3,(H,21,25)(H,26,27)/b11-9+/t15-/m0/s1. The fourth-order valence-electron chi connectivity index (χ4n) is 2.30. The Balaban J connectivity index is 3.08. The van der Waals surface area contributed by atoms with Gasteiger partial charge in [-0.2, -0.15) is 0 Å². The largest absolute Gasteiger partial charge is 0.465 e. The molecule has 0 radical (unpaired) electrons. The molecule has 1 atom stereocenters. The van der Waals surface area contributed by atoms with Crippen LogP contribution in [0.15, 0.2) is 36.9 Å². The zero-order valence-electron chi connectivity index (χ0n) is 17.2. The molecular formula is C20H25N3O7. The van der Waals surface area contributed by atoms with Crippen LogP contribution < -0.4 is 10.2 Å². The van der Waals surface area contributed by atoms with Crippen LogP contribution in [0.5, 0.6) is 0 Å². The molecule has 1 aromatic carbocycles. The fourth-order valence-corrected chi connectivity index (χ4v) is 2.30. The van der Waals surface area contributed by atoms with E-state index in [0.29, 0.717) is 0 Å². The molecule has 162 valence electrons. The number of hydrogen-bond acceptors (Lipinski definition) is 6. The lowest BCUT2D eigenvalue weighted by molar-refractivity contribution is -0.385. The van der Waals surface area contributed by atoms with Crippen molar-refractivity contribution in [2.45, 2.75) is 38.8 Å². The van der Waals surface area contributed by atoms with Crippen molar-refractivity contribution in [1.82, 2.24) is 5.32 Å². The van der Waals surface area contributed by atoms with E-state index in [2.05, 4.69) is 11.9 Å². The highest BCUT2D eigenvalue weighted by molar-refractivity contribution is 5.99. The number of carbonyl (C=O) groups excluding carboxylic acids is 2. The maximum atomic E-state index is 12.5. The van der Waals surface area contributed by atoms with Crippen LogP contribution >= 0.6 is 0 Å². The van der Waals surface area contributed by atoms with E-state index < -0.39 is 34.5 Å². The molecular weight excluding hydrogens is 394 g/mol. The van der Waals surface area contributed by atoms with Crippen molar-refractivity contribution >= 4 is 35.4 Å². The van der Waals surface area contributed by atoms with Gasteiger partial charge in [-0.15, -0.1) is 6.58 Å². The summed E-state index contributed by atoms with van der Waals surface area (Å²) in [5.74, 6) is -0.512. The number of ketones is 1. The first-order valence-corrected chi connectivity index (χ1v) is 8.93. The van der Waals surface area contributed by atoms with E-state index in [9.17, 15) is 24.5 Å². The van der Waals surface area contributed by atoms with Crippen molar-refractivity contribution < 1.29 is 29.2 Å². The summed E-state index contributed by atoms with van der Waals surface area (Å²) in [5, 5.41) is 22.8. The molecule has 0 aromatic heterocycles. The number of hydrogen-bond donors (Lipinski definition) is 2. The predicted molar refractivity (Wildman–Crippen MR) is 112 cm³/mol. The Labute approximate surface area is 174 Å². The number of nitro groups is 1. The topological polar surface area (TPSA) is 139 Å². The Bertz CT molecular complexity index is 872. The molecule has 0 saturated heterocycles. The summed E-state index contributed by atoms with van der Waals surface area (Å²) < 4.78 is 5.13. The third-order valence-electron chi connectivity index (χ3n) is 3.75. The number of benzene rings is 1. The highest BCUT2D eigenvalue weighted by Gasteiger charge is 2.23. The van der Waals surface area contributed by atoms with Crippen LogP contribution in [0.4, 0.5) is 21.0 Å². The van der Waals surface area contributed by atoms with Crippen LogP contribution in [0.3, 0.4) is 0 Å². The Morgan fingerprint density at radius 2 is 2.00 bits per heavy atom. The van der Waals surface area contributed by atoms with E-state index in [0.717, 1.165) is 17.0 Å². The number of nitrogens with one attached hydrogen (secondary N) is 1. The van der Waals surface area contributed by atoms with Gasteiger partial charge in [-0.3, -0.25) is 19.8 Å². The molecule has 10 heteroatoms. The molecule has 0 heterocycles. The Hall–Kier alpha value is -3.69. The highest BCUT2D eigenvalue weighted by Crippen LogP contribution is 2.26.